The van der Waals surface area contributed by atoms with Crippen molar-refractivity contribution in [2.75, 3.05) is 12.0 Å². The van der Waals surface area contributed by atoms with Crippen molar-refractivity contribution in [3.63, 3.8) is 0 Å². The van der Waals surface area contributed by atoms with Gasteiger partial charge in [0, 0.05) is 6.20 Å². The summed E-state index contributed by atoms with van der Waals surface area (Å²) in [5, 5.41) is 12.5. The van der Waals surface area contributed by atoms with E-state index in [4.69, 9.17) is 27.9 Å². The van der Waals surface area contributed by atoms with Crippen LogP contribution >= 0.6 is 34.5 Å². The van der Waals surface area contributed by atoms with Crippen molar-refractivity contribution < 1.29 is 19.4 Å². The number of ketones is 1. The van der Waals surface area contributed by atoms with Crippen molar-refractivity contribution in [3.05, 3.63) is 92.9 Å². The van der Waals surface area contributed by atoms with E-state index in [-0.39, 0.29) is 27.2 Å². The van der Waals surface area contributed by atoms with Crippen molar-refractivity contribution >= 4 is 73.0 Å². The number of aliphatic hydroxyl groups is 1. The first kappa shape index (κ1) is 25.4. The topological polar surface area (TPSA) is 97.0 Å². The molecule has 196 valence electrons. The van der Waals surface area contributed by atoms with Gasteiger partial charge in [0.1, 0.15) is 17.1 Å². The highest BCUT2D eigenvalue weighted by Crippen LogP contribution is 2.45. The number of thiazole rings is 1. The normalized spacial score (nSPS) is 17.1. The van der Waals surface area contributed by atoms with Gasteiger partial charge in [0.15, 0.2) is 10.9 Å². The zero-order valence-corrected chi connectivity index (χ0v) is 23.2. The number of carbonyl (C=O) groups is 2. The van der Waals surface area contributed by atoms with Crippen molar-refractivity contribution in [1.82, 2.24) is 14.4 Å². The van der Waals surface area contributed by atoms with Gasteiger partial charge in [-0.3, -0.25) is 14.5 Å². The van der Waals surface area contributed by atoms with Crippen LogP contribution in [0.5, 0.6) is 5.75 Å². The molecule has 1 unspecified atom stereocenters. The quantitative estimate of drug-likeness (QED) is 0.148. The molecule has 3 aromatic heterocycles. The van der Waals surface area contributed by atoms with Crippen LogP contribution in [0.1, 0.15) is 28.6 Å². The monoisotopic (exact) mass is 578 g/mol. The lowest BCUT2D eigenvalue weighted by molar-refractivity contribution is -0.132. The Balaban J connectivity index is 1.60. The van der Waals surface area contributed by atoms with E-state index in [1.807, 2.05) is 35.7 Å². The van der Waals surface area contributed by atoms with Gasteiger partial charge in [-0.1, -0.05) is 46.7 Å². The number of hydrogen-bond acceptors (Lipinski definition) is 7. The number of fused-ring (bicyclic) bond motifs is 2. The summed E-state index contributed by atoms with van der Waals surface area (Å²) < 4.78 is 7.92. The molecule has 0 bridgehead atoms. The van der Waals surface area contributed by atoms with Crippen LogP contribution in [0.3, 0.4) is 0 Å². The van der Waals surface area contributed by atoms with Gasteiger partial charge in [0.25, 0.3) is 5.78 Å². The first-order valence-corrected chi connectivity index (χ1v) is 13.4. The van der Waals surface area contributed by atoms with Gasteiger partial charge in [0.05, 0.1) is 44.7 Å². The van der Waals surface area contributed by atoms with Crippen LogP contribution in [-0.4, -0.2) is 38.3 Å². The predicted molar refractivity (Wildman–Crippen MR) is 152 cm³/mol. The number of imidazole rings is 1. The summed E-state index contributed by atoms with van der Waals surface area (Å²) in [6, 6.07) is 12.9. The average molecular weight is 579 g/mol. The number of aryl methyl sites for hydroxylation is 2. The van der Waals surface area contributed by atoms with E-state index in [1.54, 1.807) is 44.4 Å². The summed E-state index contributed by atoms with van der Waals surface area (Å²) in [7, 11) is 1.56. The van der Waals surface area contributed by atoms with Gasteiger partial charge in [0.2, 0.25) is 0 Å². The van der Waals surface area contributed by atoms with Crippen LogP contribution in [0.4, 0.5) is 5.13 Å². The lowest BCUT2D eigenvalue weighted by atomic mass is 9.96. The van der Waals surface area contributed by atoms with Gasteiger partial charge in [-0.2, -0.15) is 0 Å². The molecule has 1 fully saturated rings. The van der Waals surface area contributed by atoms with E-state index >= 15 is 0 Å². The van der Waals surface area contributed by atoms with E-state index < -0.39 is 17.7 Å². The maximum atomic E-state index is 13.6. The second-order valence-electron chi connectivity index (χ2n) is 9.10. The molecule has 11 heteroatoms. The molecule has 6 rings (SSSR count). The third-order valence-electron chi connectivity index (χ3n) is 6.80. The number of aromatic nitrogens is 3. The number of halogens is 2. The van der Waals surface area contributed by atoms with E-state index in [2.05, 4.69) is 9.97 Å². The van der Waals surface area contributed by atoms with Crippen LogP contribution < -0.4 is 9.64 Å². The van der Waals surface area contributed by atoms with Crippen LogP contribution in [0.15, 0.2) is 60.3 Å². The third-order valence-corrected chi connectivity index (χ3v) is 8.56. The highest BCUT2D eigenvalue weighted by Gasteiger charge is 2.48. The lowest BCUT2D eigenvalue weighted by Gasteiger charge is -2.23. The molecule has 1 N–H and O–H groups in total. The van der Waals surface area contributed by atoms with Crippen LogP contribution in [0.25, 0.3) is 21.6 Å². The Morgan fingerprint density at radius 3 is 2.56 bits per heavy atom. The Morgan fingerprint density at radius 1 is 1.05 bits per heavy atom. The number of nitrogens with zero attached hydrogens (tertiary/aromatic N) is 4. The molecular formula is C28H20Cl2N4O4S. The van der Waals surface area contributed by atoms with Gasteiger partial charge in [-0.05, 0) is 61.4 Å². The number of benzene rings is 2. The number of rotatable bonds is 4. The minimum Gasteiger partial charge on any atom is -0.505 e. The van der Waals surface area contributed by atoms with E-state index in [1.165, 1.54) is 16.2 Å². The molecule has 5 aromatic rings. The largest absolute Gasteiger partial charge is 0.505 e. The summed E-state index contributed by atoms with van der Waals surface area (Å²) >= 11 is 13.8. The highest BCUT2D eigenvalue weighted by atomic mass is 35.5. The Hall–Kier alpha value is -3.92. The van der Waals surface area contributed by atoms with E-state index in [0.29, 0.717) is 33.2 Å². The Bertz CT molecular complexity index is 1880. The number of hydrogen-bond donors (Lipinski definition) is 1. The molecule has 1 atom stereocenters. The Kier molecular flexibility index (Phi) is 6.10. The highest BCUT2D eigenvalue weighted by molar-refractivity contribution is 7.22. The van der Waals surface area contributed by atoms with E-state index in [9.17, 15) is 14.7 Å². The first-order valence-electron chi connectivity index (χ1n) is 11.8. The van der Waals surface area contributed by atoms with Gasteiger partial charge >= 0.3 is 5.91 Å². The molecule has 2 aromatic carbocycles. The Labute approximate surface area is 236 Å². The van der Waals surface area contributed by atoms with Crippen molar-refractivity contribution in [2.45, 2.75) is 19.9 Å². The summed E-state index contributed by atoms with van der Waals surface area (Å²) in [5.74, 6) is -1.42. The molecule has 1 saturated heterocycles. The van der Waals surface area contributed by atoms with Crippen molar-refractivity contribution in [1.29, 1.82) is 0 Å². The lowest BCUT2D eigenvalue weighted by Crippen LogP contribution is -2.29. The van der Waals surface area contributed by atoms with Crippen molar-refractivity contribution in [3.8, 4) is 5.75 Å². The second kappa shape index (κ2) is 9.37. The molecular weight excluding hydrogens is 559 g/mol. The average Bonchev–Trinajstić information content (AvgIpc) is 3.57. The van der Waals surface area contributed by atoms with Crippen molar-refractivity contribution in [2.24, 2.45) is 0 Å². The number of pyridine rings is 1. The molecule has 1 aliphatic heterocycles. The number of methoxy groups -OCH3 is 1. The predicted octanol–water partition coefficient (Wildman–Crippen LogP) is 6.50. The summed E-state index contributed by atoms with van der Waals surface area (Å²) in [6.07, 6.45) is 1.83. The zero-order valence-electron chi connectivity index (χ0n) is 20.9. The summed E-state index contributed by atoms with van der Waals surface area (Å²) in [4.78, 5) is 37.7. The van der Waals surface area contributed by atoms with E-state index in [0.717, 1.165) is 10.3 Å². The fourth-order valence-corrected chi connectivity index (χ4v) is 6.15. The number of carbonyl (C=O) groups excluding carboxylic acids is 2. The number of aliphatic hydroxyl groups excluding tert-OH is 1. The molecule has 1 aliphatic rings. The molecule has 39 heavy (non-hydrogen) atoms. The molecule has 4 heterocycles. The van der Waals surface area contributed by atoms with Crippen LogP contribution in [0, 0.1) is 13.8 Å². The standard InChI is InChI=1S/C28H20Cl2N4O4S/c1-13-5-4-10-33-14(2)22(32-26(13)33)24(35)21-23(15-6-8-17(29)18(30)11-15)34(27(37)25(21)36)28-31-19-9-7-16(38-3)12-20(19)39-28/h4-12,23,35H,1-3H3/b24-21+. The number of Topliss-reactive ketones (excluding diaryl/α,β-unsaturated/α-hetero) is 1. The maximum Gasteiger partial charge on any atom is 0.301 e. The SMILES string of the molecule is COc1ccc2nc(N3C(=O)C(=O)/C(=C(/O)c4nc5c(C)cccn5c4C)C3c3ccc(Cl)c(Cl)c3)sc2c1. The van der Waals surface area contributed by atoms with Crippen LogP contribution in [-0.2, 0) is 9.59 Å². The maximum absolute atomic E-state index is 13.6. The van der Waals surface area contributed by atoms with Gasteiger partial charge < -0.3 is 14.2 Å². The molecule has 0 radical (unpaired) electrons. The minimum atomic E-state index is -1.02. The van der Waals surface area contributed by atoms with Gasteiger partial charge in [-0.25, -0.2) is 9.97 Å². The fraction of sp³-hybridized carbons (Fsp3) is 0.143. The molecule has 0 spiro atoms. The van der Waals surface area contributed by atoms with Crippen LogP contribution in [0.2, 0.25) is 10.0 Å². The molecule has 0 aliphatic carbocycles. The molecule has 8 nitrogen and oxygen atoms in total. The number of ether oxygens (including phenoxy) is 1. The second-order valence-corrected chi connectivity index (χ2v) is 10.9. The minimum absolute atomic E-state index is 0.112. The van der Waals surface area contributed by atoms with Gasteiger partial charge in [-0.15, -0.1) is 0 Å². The molecule has 0 saturated carbocycles. The fourth-order valence-electron chi connectivity index (χ4n) is 4.82. The smallest absolute Gasteiger partial charge is 0.301 e. The first-order chi connectivity index (χ1) is 18.7. The molecule has 1 amide bonds. The zero-order chi connectivity index (χ0) is 27.6. The number of anilines is 1. The summed E-state index contributed by atoms with van der Waals surface area (Å²) in [5.41, 5.74) is 3.37. The Morgan fingerprint density at radius 2 is 1.85 bits per heavy atom. The number of amides is 1. The third kappa shape index (κ3) is 3.96. The summed E-state index contributed by atoms with van der Waals surface area (Å²) in [6.45, 7) is 3.70.